The number of aromatic amines is 1. The number of benzene rings is 3. The molecule has 0 aliphatic rings. The zero-order valence-electron chi connectivity index (χ0n) is 26.3. The average Bonchev–Trinajstić information content (AvgIpc) is 3.42. The summed E-state index contributed by atoms with van der Waals surface area (Å²) in [7, 11) is 0. The monoisotopic (exact) mass is 603 g/mol. The molecule has 7 nitrogen and oxygen atoms in total. The van der Waals surface area contributed by atoms with Crippen LogP contribution in [0.15, 0.2) is 91.3 Å². The van der Waals surface area contributed by atoms with Crippen LogP contribution in [-0.4, -0.2) is 46.6 Å². The lowest BCUT2D eigenvalue weighted by atomic mass is 9.98. The largest absolute Gasteiger partial charge is 0.462 e. The van der Waals surface area contributed by atoms with E-state index >= 15 is 0 Å². The second-order valence-corrected chi connectivity index (χ2v) is 11.4. The summed E-state index contributed by atoms with van der Waals surface area (Å²) in [5.41, 5.74) is 9.08. The first-order valence-electron chi connectivity index (χ1n) is 15.7. The first-order chi connectivity index (χ1) is 21.9. The molecule has 232 valence electrons. The molecule has 0 bridgehead atoms. The number of rotatable bonds is 13. The summed E-state index contributed by atoms with van der Waals surface area (Å²) in [6.07, 6.45) is 6.58. The number of carbonyl (C=O) groups is 2. The standard InChI is InChI=1S/C38H41N3O4/c1-4-44-37(42)31-13-14-35-34(25-31)33(36(40-35)32-23-27(2)22-28(3)24-32)17-21-41(20-9-8-10-29-15-18-39-19-16-29)38(43)45-26-30-11-6-5-7-12-30/h5-7,11-16,18-19,22-25,40H,4,8-10,17,20-21,26H2,1-3H3. The zero-order chi connectivity index (χ0) is 31.6. The Balaban J connectivity index is 1.41. The SMILES string of the molecule is CCOC(=O)c1ccc2[nH]c(-c3cc(C)cc(C)c3)c(CCN(CCCCc3ccncc3)C(=O)OCc3ccccc3)c2c1. The number of fused-ring (bicyclic) bond motifs is 1. The van der Waals surface area contributed by atoms with Gasteiger partial charge in [-0.3, -0.25) is 4.98 Å². The molecular formula is C38H41N3O4. The van der Waals surface area contributed by atoms with Crippen molar-refractivity contribution in [1.82, 2.24) is 14.9 Å². The van der Waals surface area contributed by atoms with Gasteiger partial charge in [-0.05, 0) is 111 Å². The topological polar surface area (TPSA) is 84.5 Å². The van der Waals surface area contributed by atoms with Crippen molar-refractivity contribution in [2.45, 2.75) is 53.1 Å². The van der Waals surface area contributed by atoms with Crippen LogP contribution in [0, 0.1) is 13.8 Å². The van der Waals surface area contributed by atoms with Gasteiger partial charge in [0.15, 0.2) is 0 Å². The van der Waals surface area contributed by atoms with Gasteiger partial charge in [0.25, 0.3) is 0 Å². The fraction of sp³-hybridized carbons (Fsp3) is 0.289. The van der Waals surface area contributed by atoms with Crippen LogP contribution >= 0.6 is 0 Å². The number of unbranched alkanes of at least 4 members (excludes halogenated alkanes) is 1. The lowest BCUT2D eigenvalue weighted by molar-refractivity contribution is 0.0526. The van der Waals surface area contributed by atoms with Crippen molar-refractivity contribution in [3.63, 3.8) is 0 Å². The number of nitrogens with one attached hydrogen (secondary N) is 1. The molecule has 0 unspecified atom stereocenters. The van der Waals surface area contributed by atoms with Crippen LogP contribution in [0.25, 0.3) is 22.2 Å². The third-order valence-corrected chi connectivity index (χ3v) is 7.92. The van der Waals surface area contributed by atoms with Gasteiger partial charge in [-0.15, -0.1) is 0 Å². The summed E-state index contributed by atoms with van der Waals surface area (Å²) in [4.78, 5) is 35.7. The van der Waals surface area contributed by atoms with Gasteiger partial charge in [0.05, 0.1) is 12.2 Å². The van der Waals surface area contributed by atoms with E-state index in [4.69, 9.17) is 9.47 Å². The Morgan fingerprint density at radius 1 is 0.800 bits per heavy atom. The number of hydrogen-bond acceptors (Lipinski definition) is 5. The van der Waals surface area contributed by atoms with E-state index in [1.165, 1.54) is 16.7 Å². The van der Waals surface area contributed by atoms with E-state index in [2.05, 4.69) is 42.0 Å². The van der Waals surface area contributed by atoms with Crippen molar-refractivity contribution < 1.29 is 19.1 Å². The molecule has 0 aliphatic heterocycles. The minimum Gasteiger partial charge on any atom is -0.462 e. The van der Waals surface area contributed by atoms with Gasteiger partial charge in [-0.25, -0.2) is 9.59 Å². The van der Waals surface area contributed by atoms with E-state index in [1.807, 2.05) is 71.9 Å². The molecule has 1 N–H and O–H groups in total. The van der Waals surface area contributed by atoms with Gasteiger partial charge in [0.2, 0.25) is 0 Å². The predicted octanol–water partition coefficient (Wildman–Crippen LogP) is 8.23. The van der Waals surface area contributed by atoms with Crippen LogP contribution in [0.4, 0.5) is 4.79 Å². The Labute approximate surface area is 265 Å². The number of H-pyrrole nitrogens is 1. The quantitative estimate of drug-likeness (QED) is 0.108. The number of pyridine rings is 1. The van der Waals surface area contributed by atoms with E-state index in [0.717, 1.165) is 52.5 Å². The van der Waals surface area contributed by atoms with Crippen LogP contribution in [-0.2, 0) is 28.9 Å². The molecule has 1 amide bonds. The summed E-state index contributed by atoms with van der Waals surface area (Å²) in [6, 6.07) is 25.9. The molecular weight excluding hydrogens is 562 g/mol. The molecule has 0 spiro atoms. The second-order valence-electron chi connectivity index (χ2n) is 11.4. The molecule has 0 fully saturated rings. The zero-order valence-corrected chi connectivity index (χ0v) is 26.3. The molecule has 45 heavy (non-hydrogen) atoms. The summed E-state index contributed by atoms with van der Waals surface area (Å²) in [5, 5.41) is 0.949. The van der Waals surface area contributed by atoms with Gasteiger partial charge in [-0.2, -0.15) is 0 Å². The van der Waals surface area contributed by atoms with Gasteiger partial charge in [0.1, 0.15) is 6.61 Å². The van der Waals surface area contributed by atoms with E-state index in [-0.39, 0.29) is 18.7 Å². The summed E-state index contributed by atoms with van der Waals surface area (Å²) < 4.78 is 11.1. The predicted molar refractivity (Wildman–Crippen MR) is 178 cm³/mol. The van der Waals surface area contributed by atoms with E-state index in [0.29, 0.717) is 31.7 Å². The number of ether oxygens (including phenoxy) is 2. The molecule has 2 aromatic heterocycles. The van der Waals surface area contributed by atoms with E-state index in [9.17, 15) is 9.59 Å². The Bertz CT molecular complexity index is 1710. The van der Waals surface area contributed by atoms with Crippen molar-refractivity contribution in [1.29, 1.82) is 0 Å². The van der Waals surface area contributed by atoms with Crippen LogP contribution in [0.5, 0.6) is 0 Å². The maximum Gasteiger partial charge on any atom is 0.410 e. The van der Waals surface area contributed by atoms with Crippen molar-refractivity contribution in [2.75, 3.05) is 19.7 Å². The highest BCUT2D eigenvalue weighted by Gasteiger charge is 2.20. The van der Waals surface area contributed by atoms with Crippen molar-refractivity contribution in [2.24, 2.45) is 0 Å². The second kappa shape index (κ2) is 15.2. The third-order valence-electron chi connectivity index (χ3n) is 7.92. The molecule has 3 aromatic carbocycles. The number of nitrogens with zero attached hydrogens (tertiary/aromatic N) is 2. The van der Waals surface area contributed by atoms with Gasteiger partial charge in [-0.1, -0.05) is 47.5 Å². The fourth-order valence-corrected chi connectivity index (χ4v) is 5.75. The molecule has 0 radical (unpaired) electrons. The van der Waals surface area contributed by atoms with Crippen molar-refractivity contribution >= 4 is 23.0 Å². The minimum atomic E-state index is -0.347. The summed E-state index contributed by atoms with van der Waals surface area (Å²) in [6.45, 7) is 7.56. The molecule has 2 heterocycles. The highest BCUT2D eigenvalue weighted by molar-refractivity contribution is 5.98. The molecule has 5 rings (SSSR count). The Morgan fingerprint density at radius 2 is 1.56 bits per heavy atom. The smallest absolute Gasteiger partial charge is 0.410 e. The van der Waals surface area contributed by atoms with Crippen LogP contribution in [0.2, 0.25) is 0 Å². The van der Waals surface area contributed by atoms with Crippen molar-refractivity contribution in [3.05, 3.63) is 125 Å². The fourth-order valence-electron chi connectivity index (χ4n) is 5.75. The van der Waals surface area contributed by atoms with Gasteiger partial charge < -0.3 is 19.4 Å². The van der Waals surface area contributed by atoms with Gasteiger partial charge >= 0.3 is 12.1 Å². The van der Waals surface area contributed by atoms with E-state index < -0.39 is 0 Å². The maximum absolute atomic E-state index is 13.5. The Kier molecular flexibility index (Phi) is 10.6. The average molecular weight is 604 g/mol. The maximum atomic E-state index is 13.5. The van der Waals surface area contributed by atoms with Crippen molar-refractivity contribution in [3.8, 4) is 11.3 Å². The minimum absolute atomic E-state index is 0.219. The number of aromatic nitrogens is 2. The number of hydrogen-bond donors (Lipinski definition) is 1. The van der Waals surface area contributed by atoms with E-state index in [1.54, 1.807) is 13.0 Å². The molecule has 5 aromatic rings. The van der Waals surface area contributed by atoms with Crippen LogP contribution < -0.4 is 0 Å². The number of aryl methyl sites for hydroxylation is 3. The van der Waals surface area contributed by atoms with Crippen LogP contribution in [0.3, 0.4) is 0 Å². The number of amides is 1. The highest BCUT2D eigenvalue weighted by Crippen LogP contribution is 2.33. The van der Waals surface area contributed by atoms with Crippen LogP contribution in [0.1, 0.15) is 57.9 Å². The summed E-state index contributed by atoms with van der Waals surface area (Å²) >= 11 is 0. The third kappa shape index (κ3) is 8.38. The highest BCUT2D eigenvalue weighted by atomic mass is 16.6. The molecule has 0 aliphatic carbocycles. The molecule has 7 heteroatoms. The normalized spacial score (nSPS) is 11.0. The molecule has 0 atom stereocenters. The lowest BCUT2D eigenvalue weighted by Crippen LogP contribution is -2.34. The van der Waals surface area contributed by atoms with Gasteiger partial charge in [0, 0.05) is 42.1 Å². The first kappa shape index (κ1) is 31.5. The lowest BCUT2D eigenvalue weighted by Gasteiger charge is -2.23. The number of esters is 1. The summed E-state index contributed by atoms with van der Waals surface area (Å²) in [5.74, 6) is -0.347. The number of carbonyl (C=O) groups excluding carboxylic acids is 2. The first-order valence-corrected chi connectivity index (χ1v) is 15.7. The molecule has 0 saturated heterocycles. The Morgan fingerprint density at radius 3 is 2.29 bits per heavy atom. The Hall–Kier alpha value is -4.91. The molecule has 0 saturated carbocycles.